The van der Waals surface area contributed by atoms with Gasteiger partial charge in [0.2, 0.25) is 6.41 Å². The number of rotatable bonds is 4. The Morgan fingerprint density at radius 3 is 2.34 bits per heavy atom. The van der Waals surface area contributed by atoms with Crippen LogP contribution in [-0.2, 0) is 14.4 Å². The second kappa shape index (κ2) is 18.4. The van der Waals surface area contributed by atoms with Crippen molar-refractivity contribution in [1.82, 2.24) is 16.1 Å². The SMILES string of the molecule is CC1CC2CCCC(C)C2NO1.CN.O=CCC1CCCNC1.O=CNC1CCCCC1. The van der Waals surface area contributed by atoms with Gasteiger partial charge in [-0.05, 0) is 89.8 Å². The van der Waals surface area contributed by atoms with E-state index in [1.807, 2.05) is 0 Å². The van der Waals surface area contributed by atoms with E-state index in [9.17, 15) is 9.59 Å². The second-order valence-electron chi connectivity index (χ2n) is 9.71. The number of hydroxylamine groups is 1. The summed E-state index contributed by atoms with van der Waals surface area (Å²) in [6.07, 6.45) is 17.2. The van der Waals surface area contributed by atoms with Crippen molar-refractivity contribution < 1.29 is 14.4 Å². The predicted octanol–water partition coefficient (Wildman–Crippen LogP) is 3.32. The van der Waals surface area contributed by atoms with E-state index in [-0.39, 0.29) is 0 Å². The Morgan fingerprint density at radius 2 is 1.72 bits per heavy atom. The van der Waals surface area contributed by atoms with Crippen molar-refractivity contribution in [3.8, 4) is 0 Å². The predicted molar refractivity (Wildman–Crippen MR) is 131 cm³/mol. The van der Waals surface area contributed by atoms with Gasteiger partial charge < -0.3 is 21.2 Å². The highest BCUT2D eigenvalue weighted by molar-refractivity contribution is 5.49. The summed E-state index contributed by atoms with van der Waals surface area (Å²) in [7, 11) is 1.50. The Kier molecular flexibility index (Phi) is 16.7. The molecule has 0 spiro atoms. The zero-order valence-electron chi connectivity index (χ0n) is 20.8. The Hall–Kier alpha value is -1.02. The molecule has 2 aliphatic carbocycles. The van der Waals surface area contributed by atoms with E-state index in [1.54, 1.807) is 0 Å². The van der Waals surface area contributed by atoms with E-state index in [0.29, 0.717) is 24.1 Å². The maximum atomic E-state index is 10.0. The molecule has 4 aliphatic rings. The van der Waals surface area contributed by atoms with Gasteiger partial charge in [0.15, 0.2) is 0 Å². The van der Waals surface area contributed by atoms with Gasteiger partial charge in [-0.15, -0.1) is 0 Å². The normalized spacial score (nSPS) is 32.2. The van der Waals surface area contributed by atoms with Crippen LogP contribution < -0.4 is 21.8 Å². The fraction of sp³-hybridized carbons (Fsp3) is 0.920. The smallest absolute Gasteiger partial charge is 0.207 e. The molecule has 1 amide bonds. The van der Waals surface area contributed by atoms with Gasteiger partial charge in [-0.1, -0.05) is 32.6 Å². The summed E-state index contributed by atoms with van der Waals surface area (Å²) in [6.45, 7) is 6.67. The number of piperidine rings is 1. The number of hydrogen-bond acceptors (Lipinski definition) is 6. The summed E-state index contributed by atoms with van der Waals surface area (Å²) in [6, 6.07) is 1.12. The lowest BCUT2D eigenvalue weighted by atomic mass is 9.75. The van der Waals surface area contributed by atoms with Crippen LogP contribution in [0.2, 0.25) is 0 Å². The number of amides is 1. The Labute approximate surface area is 196 Å². The molecule has 0 aromatic rings. The van der Waals surface area contributed by atoms with Crippen molar-refractivity contribution in [3.05, 3.63) is 0 Å². The van der Waals surface area contributed by atoms with Gasteiger partial charge in [0.05, 0.1) is 6.10 Å². The van der Waals surface area contributed by atoms with Gasteiger partial charge in [0, 0.05) is 18.5 Å². The fourth-order valence-electron chi connectivity index (χ4n) is 5.30. The third kappa shape index (κ3) is 11.7. The van der Waals surface area contributed by atoms with Crippen molar-refractivity contribution in [2.45, 2.75) is 109 Å². The van der Waals surface area contributed by atoms with Gasteiger partial charge in [-0.25, -0.2) is 0 Å². The summed E-state index contributed by atoms with van der Waals surface area (Å²) < 4.78 is 0. The number of hydrogen-bond donors (Lipinski definition) is 4. The molecule has 0 radical (unpaired) electrons. The van der Waals surface area contributed by atoms with Gasteiger partial charge in [-0.3, -0.25) is 9.63 Å². The Bertz CT molecular complexity index is 444. The maximum absolute atomic E-state index is 10.0. The molecule has 188 valence electrons. The topological polar surface area (TPSA) is 105 Å². The number of fused-ring (bicyclic) bond motifs is 1. The van der Waals surface area contributed by atoms with Crippen LogP contribution in [0.1, 0.15) is 90.9 Å². The van der Waals surface area contributed by atoms with Crippen molar-refractivity contribution in [3.63, 3.8) is 0 Å². The molecule has 2 saturated heterocycles. The first-order valence-corrected chi connectivity index (χ1v) is 13.0. The van der Waals surface area contributed by atoms with Crippen molar-refractivity contribution in [1.29, 1.82) is 0 Å². The van der Waals surface area contributed by atoms with Crippen LogP contribution in [0.5, 0.6) is 0 Å². The zero-order chi connectivity index (χ0) is 23.6. The highest BCUT2D eigenvalue weighted by Gasteiger charge is 2.35. The minimum Gasteiger partial charge on any atom is -0.356 e. The van der Waals surface area contributed by atoms with E-state index in [4.69, 9.17) is 4.84 Å². The lowest BCUT2D eigenvalue weighted by Gasteiger charge is -2.42. The molecule has 0 aromatic carbocycles. The van der Waals surface area contributed by atoms with Crippen molar-refractivity contribution >= 4 is 12.7 Å². The molecule has 5 unspecified atom stereocenters. The molecule has 2 saturated carbocycles. The standard InChI is InChI=1S/C10H19NO.2C7H13NO.CH5N/c1-7-4-3-5-9-6-8(2)12-11-10(7)9;9-5-3-7-2-1-4-8-6-7;9-6-8-7-4-2-1-3-5-7;1-2/h7-11H,3-6H2,1-2H3;5,7-8H,1-4,6H2;6-7H,1-5H2,(H,8,9);2H2,1H3. The van der Waals surface area contributed by atoms with Gasteiger partial charge >= 0.3 is 0 Å². The van der Waals surface area contributed by atoms with E-state index in [2.05, 4.69) is 35.7 Å². The molecule has 5 N–H and O–H groups in total. The van der Waals surface area contributed by atoms with Crippen LogP contribution in [0.3, 0.4) is 0 Å². The molecule has 0 bridgehead atoms. The molecular weight excluding hydrogens is 404 g/mol. The van der Waals surface area contributed by atoms with Gasteiger partial charge in [0.25, 0.3) is 0 Å². The number of carbonyl (C=O) groups excluding carboxylic acids is 2. The monoisotopic (exact) mass is 454 g/mol. The molecule has 2 aliphatic heterocycles. The first kappa shape index (κ1) is 29.0. The van der Waals surface area contributed by atoms with Gasteiger partial charge in [-0.2, -0.15) is 5.48 Å². The van der Waals surface area contributed by atoms with Crippen LogP contribution in [-0.4, -0.2) is 51.0 Å². The van der Waals surface area contributed by atoms with Crippen molar-refractivity contribution in [2.75, 3.05) is 20.1 Å². The number of nitrogens with one attached hydrogen (secondary N) is 3. The van der Waals surface area contributed by atoms with Crippen LogP contribution in [0.15, 0.2) is 0 Å². The number of aldehydes is 1. The van der Waals surface area contributed by atoms with Crippen LogP contribution >= 0.6 is 0 Å². The van der Waals surface area contributed by atoms with E-state index < -0.39 is 0 Å². The summed E-state index contributed by atoms with van der Waals surface area (Å²) in [5, 5.41) is 6.06. The number of carbonyl (C=O) groups is 2. The summed E-state index contributed by atoms with van der Waals surface area (Å²) in [4.78, 5) is 25.5. The summed E-state index contributed by atoms with van der Waals surface area (Å²) >= 11 is 0. The lowest BCUT2D eigenvalue weighted by Crippen LogP contribution is -2.50. The van der Waals surface area contributed by atoms with E-state index in [0.717, 1.165) is 44.0 Å². The number of nitrogens with two attached hydrogens (primary N) is 1. The summed E-state index contributed by atoms with van der Waals surface area (Å²) in [5.74, 6) is 2.30. The zero-order valence-corrected chi connectivity index (χ0v) is 20.8. The average Bonchev–Trinajstić information content (AvgIpc) is 2.83. The third-order valence-electron chi connectivity index (χ3n) is 7.13. The molecule has 32 heavy (non-hydrogen) atoms. The van der Waals surface area contributed by atoms with Crippen LogP contribution in [0, 0.1) is 17.8 Å². The fourth-order valence-corrected chi connectivity index (χ4v) is 5.30. The van der Waals surface area contributed by atoms with E-state index >= 15 is 0 Å². The molecule has 4 fully saturated rings. The Balaban J connectivity index is 0.000000235. The Morgan fingerprint density at radius 1 is 0.969 bits per heavy atom. The first-order chi connectivity index (χ1) is 15.6. The maximum Gasteiger partial charge on any atom is 0.207 e. The van der Waals surface area contributed by atoms with E-state index in [1.165, 1.54) is 77.7 Å². The highest BCUT2D eigenvalue weighted by Crippen LogP contribution is 2.34. The highest BCUT2D eigenvalue weighted by atomic mass is 16.7. The lowest BCUT2D eigenvalue weighted by molar-refractivity contribution is -0.116. The molecule has 0 aromatic heterocycles. The molecule has 7 nitrogen and oxygen atoms in total. The molecule has 7 heteroatoms. The largest absolute Gasteiger partial charge is 0.356 e. The first-order valence-electron chi connectivity index (χ1n) is 13.0. The van der Waals surface area contributed by atoms with Crippen molar-refractivity contribution in [2.24, 2.45) is 23.5 Å². The molecular formula is C25H50N4O3. The third-order valence-corrected chi connectivity index (χ3v) is 7.13. The second-order valence-corrected chi connectivity index (χ2v) is 9.71. The van der Waals surface area contributed by atoms with Crippen LogP contribution in [0.4, 0.5) is 0 Å². The molecule has 2 heterocycles. The summed E-state index contributed by atoms with van der Waals surface area (Å²) in [5.41, 5.74) is 7.72. The van der Waals surface area contributed by atoms with Crippen LogP contribution in [0.25, 0.3) is 0 Å². The molecule has 5 atom stereocenters. The van der Waals surface area contributed by atoms with Gasteiger partial charge in [0.1, 0.15) is 6.29 Å². The minimum absolute atomic E-state index is 0.413. The average molecular weight is 455 g/mol. The quantitative estimate of drug-likeness (QED) is 0.486. The molecule has 4 rings (SSSR count). The minimum atomic E-state index is 0.413.